The fraction of sp³-hybridized carbons (Fsp3) is 0.500. The van der Waals surface area contributed by atoms with Crippen molar-refractivity contribution >= 4 is 5.97 Å². The topological polar surface area (TPSA) is 58.6 Å². The smallest absolute Gasteiger partial charge is 0.324 e. The van der Waals surface area contributed by atoms with Crippen molar-refractivity contribution in [1.82, 2.24) is 5.32 Å². The first-order valence-corrected chi connectivity index (χ1v) is 6.39. The number of carboxylic acids is 1. The highest BCUT2D eigenvalue weighted by Gasteiger charge is 2.39. The Kier molecular flexibility index (Phi) is 4.20. The van der Waals surface area contributed by atoms with E-state index in [1.54, 1.807) is 0 Å². The molecule has 0 spiro atoms. The van der Waals surface area contributed by atoms with Gasteiger partial charge in [0.25, 0.3) is 0 Å². The van der Waals surface area contributed by atoms with Gasteiger partial charge in [-0.15, -0.1) is 0 Å². The van der Waals surface area contributed by atoms with Crippen LogP contribution in [0, 0.1) is 0 Å². The molecule has 0 radical (unpaired) electrons. The largest absolute Gasteiger partial charge is 0.494 e. The molecule has 1 aliphatic heterocycles. The summed E-state index contributed by atoms with van der Waals surface area (Å²) in [6.45, 7) is 1.20. The van der Waals surface area contributed by atoms with Crippen LogP contribution < -0.4 is 10.1 Å². The maximum absolute atomic E-state index is 11.4. The molecule has 4 heteroatoms. The highest BCUT2D eigenvalue weighted by molar-refractivity contribution is 5.78. The number of hydrogen-bond donors (Lipinski definition) is 2. The van der Waals surface area contributed by atoms with Crippen LogP contribution in [0.2, 0.25) is 0 Å². The van der Waals surface area contributed by atoms with Gasteiger partial charge in [-0.1, -0.05) is 18.2 Å². The number of nitrogens with one attached hydrogen (secondary N) is 1. The number of piperidine rings is 1. The zero-order chi connectivity index (χ0) is 12.8. The second-order valence-electron chi connectivity index (χ2n) is 4.68. The van der Waals surface area contributed by atoms with E-state index in [0.29, 0.717) is 19.4 Å². The van der Waals surface area contributed by atoms with Crippen LogP contribution in [0.1, 0.15) is 25.7 Å². The highest BCUT2D eigenvalue weighted by Crippen LogP contribution is 2.23. The van der Waals surface area contributed by atoms with E-state index in [1.165, 1.54) is 0 Å². The van der Waals surface area contributed by atoms with Gasteiger partial charge in [-0.2, -0.15) is 0 Å². The van der Waals surface area contributed by atoms with E-state index in [2.05, 4.69) is 5.32 Å². The summed E-state index contributed by atoms with van der Waals surface area (Å²) in [5, 5.41) is 12.5. The number of rotatable bonds is 5. The van der Waals surface area contributed by atoms with Crippen molar-refractivity contribution in [3.63, 3.8) is 0 Å². The van der Waals surface area contributed by atoms with Gasteiger partial charge in [0.1, 0.15) is 11.3 Å². The highest BCUT2D eigenvalue weighted by atomic mass is 16.5. The number of carboxylic acid groups (broad SMARTS) is 1. The molecular formula is C14H19NO3. The third-order valence-electron chi connectivity index (χ3n) is 3.44. The molecule has 1 aromatic carbocycles. The first-order valence-electron chi connectivity index (χ1n) is 6.39. The molecule has 1 aliphatic rings. The van der Waals surface area contributed by atoms with E-state index in [0.717, 1.165) is 25.1 Å². The van der Waals surface area contributed by atoms with Crippen LogP contribution in [0.5, 0.6) is 5.75 Å². The predicted octanol–water partition coefficient (Wildman–Crippen LogP) is 2.05. The second-order valence-corrected chi connectivity index (χ2v) is 4.68. The number of para-hydroxylation sites is 1. The van der Waals surface area contributed by atoms with E-state index >= 15 is 0 Å². The van der Waals surface area contributed by atoms with Crippen LogP contribution >= 0.6 is 0 Å². The average Bonchev–Trinajstić information content (AvgIpc) is 2.41. The maximum Gasteiger partial charge on any atom is 0.324 e. The molecule has 0 saturated carbocycles. The normalized spacial score (nSPS) is 23.6. The molecule has 4 nitrogen and oxygen atoms in total. The Morgan fingerprint density at radius 3 is 2.72 bits per heavy atom. The molecule has 0 aromatic heterocycles. The lowest BCUT2D eigenvalue weighted by molar-refractivity contribution is -0.146. The Morgan fingerprint density at radius 2 is 2.11 bits per heavy atom. The van der Waals surface area contributed by atoms with Gasteiger partial charge in [0.2, 0.25) is 0 Å². The van der Waals surface area contributed by atoms with Crippen molar-refractivity contribution in [2.24, 2.45) is 0 Å². The van der Waals surface area contributed by atoms with E-state index < -0.39 is 11.5 Å². The molecule has 1 atom stereocenters. The summed E-state index contributed by atoms with van der Waals surface area (Å²) >= 11 is 0. The van der Waals surface area contributed by atoms with Gasteiger partial charge in [0.05, 0.1) is 6.61 Å². The number of ether oxygens (including phenoxy) is 1. The van der Waals surface area contributed by atoms with Gasteiger partial charge in [-0.05, 0) is 37.9 Å². The van der Waals surface area contributed by atoms with Crippen molar-refractivity contribution in [3.05, 3.63) is 30.3 Å². The van der Waals surface area contributed by atoms with Crippen LogP contribution in [0.4, 0.5) is 0 Å². The molecule has 1 unspecified atom stereocenters. The lowest BCUT2D eigenvalue weighted by Crippen LogP contribution is -2.55. The van der Waals surface area contributed by atoms with Gasteiger partial charge in [0, 0.05) is 6.42 Å². The zero-order valence-corrected chi connectivity index (χ0v) is 10.4. The summed E-state index contributed by atoms with van der Waals surface area (Å²) in [5.41, 5.74) is -0.799. The average molecular weight is 249 g/mol. The fourth-order valence-electron chi connectivity index (χ4n) is 2.33. The lowest BCUT2D eigenvalue weighted by Gasteiger charge is -2.34. The van der Waals surface area contributed by atoms with Crippen molar-refractivity contribution in [2.45, 2.75) is 31.2 Å². The number of carbonyl (C=O) groups is 1. The number of aliphatic carboxylic acids is 1. The minimum absolute atomic E-state index is 0.420. The third-order valence-corrected chi connectivity index (χ3v) is 3.44. The molecule has 1 fully saturated rings. The van der Waals surface area contributed by atoms with Crippen molar-refractivity contribution in [1.29, 1.82) is 0 Å². The SMILES string of the molecule is O=C(O)C1(CCOc2ccccc2)CCCCN1. The maximum atomic E-state index is 11.4. The Hall–Kier alpha value is -1.55. The Labute approximate surface area is 107 Å². The number of benzene rings is 1. The molecule has 1 aromatic rings. The van der Waals surface area contributed by atoms with Crippen LogP contribution in [0.15, 0.2) is 30.3 Å². The standard InChI is InChI=1S/C14H19NO3/c16-13(17)14(8-4-5-10-15-14)9-11-18-12-6-2-1-3-7-12/h1-3,6-7,15H,4-5,8-11H2,(H,16,17). The summed E-state index contributed by atoms with van der Waals surface area (Å²) in [5.74, 6) is 0.0210. The molecule has 2 rings (SSSR count). The molecule has 1 heterocycles. The third kappa shape index (κ3) is 3.01. The molecule has 2 N–H and O–H groups in total. The lowest BCUT2D eigenvalue weighted by atomic mass is 9.86. The summed E-state index contributed by atoms with van der Waals surface area (Å²) in [7, 11) is 0. The zero-order valence-electron chi connectivity index (χ0n) is 10.4. The van der Waals surface area contributed by atoms with E-state index in [4.69, 9.17) is 4.74 Å². The predicted molar refractivity (Wildman–Crippen MR) is 68.8 cm³/mol. The van der Waals surface area contributed by atoms with E-state index in [-0.39, 0.29) is 0 Å². The second kappa shape index (κ2) is 5.87. The fourth-order valence-corrected chi connectivity index (χ4v) is 2.33. The van der Waals surface area contributed by atoms with E-state index in [9.17, 15) is 9.90 Å². The molecule has 98 valence electrons. The summed E-state index contributed by atoms with van der Waals surface area (Å²) in [6, 6.07) is 9.49. The molecule has 18 heavy (non-hydrogen) atoms. The molecule has 0 amide bonds. The quantitative estimate of drug-likeness (QED) is 0.838. The van der Waals surface area contributed by atoms with Crippen LogP contribution in [0.25, 0.3) is 0 Å². The minimum atomic E-state index is -0.799. The van der Waals surface area contributed by atoms with Crippen molar-refractivity contribution in [2.75, 3.05) is 13.2 Å². The summed E-state index contributed by atoms with van der Waals surface area (Å²) in [4.78, 5) is 11.4. The van der Waals surface area contributed by atoms with Gasteiger partial charge < -0.3 is 15.2 Å². The van der Waals surface area contributed by atoms with E-state index in [1.807, 2.05) is 30.3 Å². The minimum Gasteiger partial charge on any atom is -0.494 e. The van der Waals surface area contributed by atoms with Crippen LogP contribution in [-0.4, -0.2) is 29.8 Å². The van der Waals surface area contributed by atoms with Gasteiger partial charge >= 0.3 is 5.97 Å². The Bertz CT molecular complexity index is 385. The Balaban J connectivity index is 1.88. The van der Waals surface area contributed by atoms with Crippen molar-refractivity contribution in [3.8, 4) is 5.75 Å². The monoisotopic (exact) mass is 249 g/mol. The molecule has 1 saturated heterocycles. The first kappa shape index (κ1) is 12.9. The Morgan fingerprint density at radius 1 is 1.33 bits per heavy atom. The molecule has 0 aliphatic carbocycles. The van der Waals surface area contributed by atoms with Crippen LogP contribution in [-0.2, 0) is 4.79 Å². The van der Waals surface area contributed by atoms with Crippen molar-refractivity contribution < 1.29 is 14.6 Å². The molecule has 0 bridgehead atoms. The first-order chi connectivity index (χ1) is 8.73. The molecular weight excluding hydrogens is 230 g/mol. The summed E-state index contributed by atoms with van der Waals surface area (Å²) < 4.78 is 5.58. The van der Waals surface area contributed by atoms with Gasteiger partial charge in [-0.25, -0.2) is 0 Å². The summed E-state index contributed by atoms with van der Waals surface area (Å²) in [6.07, 6.45) is 3.19. The van der Waals surface area contributed by atoms with Crippen LogP contribution in [0.3, 0.4) is 0 Å². The number of hydrogen-bond acceptors (Lipinski definition) is 3. The van der Waals surface area contributed by atoms with Gasteiger partial charge in [-0.3, -0.25) is 4.79 Å². The van der Waals surface area contributed by atoms with Gasteiger partial charge in [0.15, 0.2) is 0 Å².